The molecule has 0 radical (unpaired) electrons. The molecule has 1 aliphatic carbocycles. The van der Waals surface area contributed by atoms with Gasteiger partial charge in [0, 0.05) is 26.1 Å². The number of nitriles is 1. The molecule has 1 N–H and O–H groups in total. The minimum absolute atomic E-state index is 0.0276. The fourth-order valence-corrected chi connectivity index (χ4v) is 3.47. The summed E-state index contributed by atoms with van der Waals surface area (Å²) in [4.78, 5) is 6.85. The second-order valence-electron chi connectivity index (χ2n) is 6.81. The maximum atomic E-state index is 13.6. The lowest BCUT2D eigenvalue weighted by molar-refractivity contribution is 0.107. The van der Waals surface area contributed by atoms with Crippen molar-refractivity contribution in [1.82, 2.24) is 20.1 Å². The number of halogens is 1. The normalized spacial score (nSPS) is 23.7. The summed E-state index contributed by atoms with van der Waals surface area (Å²) in [5.41, 5.74) is 1.18. The summed E-state index contributed by atoms with van der Waals surface area (Å²) >= 11 is 0. The zero-order chi connectivity index (χ0) is 17.4. The molecule has 0 unspecified atom stereocenters. The summed E-state index contributed by atoms with van der Waals surface area (Å²) in [5, 5.41) is 16.7. The Kier molecular flexibility index (Phi) is 4.24. The molecular weight excluding hydrogens is 321 g/mol. The van der Waals surface area contributed by atoms with Gasteiger partial charge in [-0.3, -0.25) is 10.00 Å². The summed E-state index contributed by atoms with van der Waals surface area (Å²) in [6.07, 6.45) is 3.19. The Balaban J connectivity index is 1.59. The number of nitrogens with one attached hydrogen (secondary N) is 1. The third-order valence-corrected chi connectivity index (χ3v) is 5.04. The summed E-state index contributed by atoms with van der Waals surface area (Å²) in [5.74, 6) is 1.88. The lowest BCUT2D eigenvalue weighted by Gasteiger charge is -2.22. The number of rotatable bonds is 5. The quantitative estimate of drug-likeness (QED) is 0.904. The standard InChI is InChI=1S/C18H20FN5O/c1-25-15-7-16(18-21-17(22-23-18)11-2-3-11)24(10-15)9-13-6-14(19)5-4-12(13)8-20/h4-6,11,15-16H,2-3,7,9-10H2,1H3,(H,21,22,23)/t15-,16+/m1/s1. The van der Waals surface area contributed by atoms with Crippen LogP contribution in [-0.4, -0.2) is 39.8 Å². The van der Waals surface area contributed by atoms with Gasteiger partial charge in [0.15, 0.2) is 5.82 Å². The van der Waals surface area contributed by atoms with E-state index in [4.69, 9.17) is 4.74 Å². The van der Waals surface area contributed by atoms with Gasteiger partial charge in [-0.1, -0.05) is 0 Å². The molecule has 2 aromatic rings. The van der Waals surface area contributed by atoms with Crippen molar-refractivity contribution < 1.29 is 9.13 Å². The van der Waals surface area contributed by atoms with Gasteiger partial charge in [0.2, 0.25) is 0 Å². The van der Waals surface area contributed by atoms with Crippen molar-refractivity contribution in [3.05, 3.63) is 46.8 Å². The molecule has 4 rings (SSSR count). The van der Waals surface area contributed by atoms with E-state index >= 15 is 0 Å². The highest BCUT2D eigenvalue weighted by Gasteiger charge is 2.37. The van der Waals surface area contributed by atoms with Gasteiger partial charge in [-0.05, 0) is 43.0 Å². The molecule has 7 heteroatoms. The lowest BCUT2D eigenvalue weighted by atomic mass is 10.1. The number of likely N-dealkylation sites (tertiary alicyclic amines) is 1. The summed E-state index contributed by atoms with van der Waals surface area (Å²) in [7, 11) is 1.70. The molecule has 0 spiro atoms. The van der Waals surface area contributed by atoms with E-state index in [-0.39, 0.29) is 18.0 Å². The lowest BCUT2D eigenvalue weighted by Crippen LogP contribution is -2.26. The van der Waals surface area contributed by atoms with Crippen LogP contribution in [0, 0.1) is 17.1 Å². The first kappa shape index (κ1) is 16.2. The maximum Gasteiger partial charge on any atom is 0.153 e. The Morgan fingerprint density at radius 1 is 1.44 bits per heavy atom. The number of hydrogen-bond donors (Lipinski definition) is 1. The minimum Gasteiger partial charge on any atom is -0.380 e. The molecule has 1 saturated carbocycles. The summed E-state index contributed by atoms with van der Waals surface area (Å²) in [6.45, 7) is 1.19. The topological polar surface area (TPSA) is 77.8 Å². The molecule has 2 heterocycles. The van der Waals surface area contributed by atoms with Crippen molar-refractivity contribution in [3.8, 4) is 6.07 Å². The van der Waals surface area contributed by atoms with Crippen molar-refractivity contribution in [3.63, 3.8) is 0 Å². The first-order valence-corrected chi connectivity index (χ1v) is 8.55. The van der Waals surface area contributed by atoms with Crippen LogP contribution in [0.4, 0.5) is 4.39 Å². The smallest absolute Gasteiger partial charge is 0.153 e. The van der Waals surface area contributed by atoms with E-state index in [1.165, 1.54) is 18.2 Å². The second kappa shape index (κ2) is 6.54. The first-order chi connectivity index (χ1) is 12.2. The molecule has 0 amide bonds. The molecule has 2 fully saturated rings. The van der Waals surface area contributed by atoms with Crippen LogP contribution < -0.4 is 0 Å². The van der Waals surface area contributed by atoms with E-state index in [0.717, 1.165) is 30.9 Å². The van der Waals surface area contributed by atoms with Gasteiger partial charge in [0.25, 0.3) is 0 Å². The largest absolute Gasteiger partial charge is 0.380 e. The van der Waals surface area contributed by atoms with Gasteiger partial charge >= 0.3 is 0 Å². The Labute approximate surface area is 145 Å². The van der Waals surface area contributed by atoms with Crippen LogP contribution in [0.5, 0.6) is 0 Å². The number of aromatic amines is 1. The fourth-order valence-electron chi connectivity index (χ4n) is 3.47. The molecule has 25 heavy (non-hydrogen) atoms. The van der Waals surface area contributed by atoms with Gasteiger partial charge in [0.1, 0.15) is 11.6 Å². The predicted octanol–water partition coefficient (Wildman–Crippen LogP) is 2.65. The van der Waals surface area contributed by atoms with Crippen molar-refractivity contribution in [2.45, 2.75) is 43.9 Å². The number of ether oxygens (including phenoxy) is 1. The van der Waals surface area contributed by atoms with Crippen molar-refractivity contribution >= 4 is 0 Å². The van der Waals surface area contributed by atoms with Crippen LogP contribution in [0.2, 0.25) is 0 Å². The van der Waals surface area contributed by atoms with Crippen molar-refractivity contribution in [1.29, 1.82) is 5.26 Å². The van der Waals surface area contributed by atoms with Gasteiger partial charge < -0.3 is 4.74 Å². The van der Waals surface area contributed by atoms with E-state index in [0.29, 0.717) is 30.1 Å². The SMILES string of the molecule is CO[C@@H]1C[C@@H](c2nc(C3CC3)n[nH]2)N(Cc2cc(F)ccc2C#N)C1. The number of nitrogens with zero attached hydrogens (tertiary/aromatic N) is 4. The van der Waals surface area contributed by atoms with E-state index in [1.54, 1.807) is 7.11 Å². The van der Waals surface area contributed by atoms with Crippen LogP contribution in [0.25, 0.3) is 0 Å². The molecule has 1 aromatic heterocycles. The highest BCUT2D eigenvalue weighted by Crippen LogP contribution is 2.39. The summed E-state index contributed by atoms with van der Waals surface area (Å²) < 4.78 is 19.2. The van der Waals surface area contributed by atoms with Gasteiger partial charge in [0.05, 0.1) is 23.8 Å². The monoisotopic (exact) mass is 341 g/mol. The van der Waals surface area contributed by atoms with Gasteiger partial charge in [-0.15, -0.1) is 0 Å². The van der Waals surface area contributed by atoms with Crippen LogP contribution in [0.15, 0.2) is 18.2 Å². The molecular formula is C18H20FN5O. The average molecular weight is 341 g/mol. The Morgan fingerprint density at radius 2 is 2.28 bits per heavy atom. The van der Waals surface area contributed by atoms with Crippen LogP contribution >= 0.6 is 0 Å². The zero-order valence-corrected chi connectivity index (χ0v) is 14.1. The van der Waals surface area contributed by atoms with Crippen molar-refractivity contribution in [2.75, 3.05) is 13.7 Å². The zero-order valence-electron chi connectivity index (χ0n) is 14.1. The highest BCUT2D eigenvalue weighted by molar-refractivity contribution is 5.38. The Morgan fingerprint density at radius 3 is 3.00 bits per heavy atom. The van der Waals surface area contributed by atoms with Crippen LogP contribution in [0.3, 0.4) is 0 Å². The number of H-pyrrole nitrogens is 1. The molecule has 1 saturated heterocycles. The van der Waals surface area contributed by atoms with Gasteiger partial charge in [-0.25, -0.2) is 9.37 Å². The molecule has 2 atom stereocenters. The summed E-state index contributed by atoms with van der Waals surface area (Å²) in [6, 6.07) is 6.46. The van der Waals surface area contributed by atoms with E-state index in [1.807, 2.05) is 0 Å². The fraction of sp³-hybridized carbons (Fsp3) is 0.500. The Hall–Kier alpha value is -2.30. The van der Waals surface area contributed by atoms with Crippen LogP contribution in [-0.2, 0) is 11.3 Å². The molecule has 1 aromatic carbocycles. The van der Waals surface area contributed by atoms with E-state index < -0.39 is 0 Å². The molecule has 130 valence electrons. The van der Waals surface area contributed by atoms with Crippen LogP contribution in [0.1, 0.15) is 54.0 Å². The highest BCUT2D eigenvalue weighted by atomic mass is 19.1. The van der Waals surface area contributed by atoms with E-state index in [9.17, 15) is 9.65 Å². The number of benzene rings is 1. The Bertz CT molecular complexity index is 810. The second-order valence-corrected chi connectivity index (χ2v) is 6.81. The molecule has 6 nitrogen and oxygen atoms in total. The molecule has 1 aliphatic heterocycles. The first-order valence-electron chi connectivity index (χ1n) is 8.55. The number of methoxy groups -OCH3 is 1. The van der Waals surface area contributed by atoms with Gasteiger partial charge in [-0.2, -0.15) is 10.4 Å². The molecule has 2 aliphatic rings. The van der Waals surface area contributed by atoms with E-state index in [2.05, 4.69) is 26.2 Å². The number of aromatic nitrogens is 3. The minimum atomic E-state index is -0.330. The third-order valence-electron chi connectivity index (χ3n) is 5.04. The maximum absolute atomic E-state index is 13.6. The third kappa shape index (κ3) is 3.28. The number of hydrogen-bond acceptors (Lipinski definition) is 5. The average Bonchev–Trinajstić information content (AvgIpc) is 3.20. The molecule has 0 bridgehead atoms. The predicted molar refractivity (Wildman–Crippen MR) is 88.0 cm³/mol. The van der Waals surface area contributed by atoms with Crippen molar-refractivity contribution in [2.24, 2.45) is 0 Å².